The van der Waals surface area contributed by atoms with Gasteiger partial charge in [0, 0.05) is 16.0 Å². The van der Waals surface area contributed by atoms with Gasteiger partial charge in [-0.05, 0) is 48.0 Å². The average molecular weight is 513 g/mol. The number of sulfone groups is 1. The van der Waals surface area contributed by atoms with Crippen molar-refractivity contribution in [2.24, 2.45) is 4.99 Å². The Morgan fingerprint density at radius 1 is 0.971 bits per heavy atom. The Labute approximate surface area is 207 Å². The topological polar surface area (TPSA) is 76.0 Å². The number of hydrogen-bond acceptors (Lipinski definition) is 5. The number of fused-ring (bicyclic) bond motifs is 1. The van der Waals surface area contributed by atoms with E-state index in [-0.39, 0.29) is 35.1 Å². The van der Waals surface area contributed by atoms with Gasteiger partial charge in [-0.2, -0.15) is 4.99 Å². The number of hydrogen-bond donors (Lipinski definition) is 0. The number of amides is 1. The number of halogens is 1. The van der Waals surface area contributed by atoms with Crippen molar-refractivity contribution in [2.45, 2.75) is 17.7 Å². The van der Waals surface area contributed by atoms with E-state index in [0.717, 1.165) is 11.4 Å². The zero-order chi connectivity index (χ0) is 23.7. The standard InChI is InChI=1S/C25H21ClN2O4S2/c26-21-9-5-4-6-17(21)14-24(29)27-25-28(22-15-34(30,31)16-23(22)33-25)18-10-12-20(13-11-18)32-19-7-2-1-3-8-19/h1-13,22-23H,14-16H2/t22-,23-/m0/s1. The van der Waals surface area contributed by atoms with Crippen molar-refractivity contribution in [2.75, 3.05) is 16.4 Å². The molecule has 2 atom stereocenters. The molecule has 1 amide bonds. The molecule has 9 heteroatoms. The van der Waals surface area contributed by atoms with Crippen molar-refractivity contribution in [3.8, 4) is 11.5 Å². The summed E-state index contributed by atoms with van der Waals surface area (Å²) in [7, 11) is -3.15. The van der Waals surface area contributed by atoms with Crippen LogP contribution in [0.25, 0.3) is 0 Å². The van der Waals surface area contributed by atoms with E-state index in [9.17, 15) is 13.2 Å². The van der Waals surface area contributed by atoms with Crippen LogP contribution in [0.1, 0.15) is 5.56 Å². The predicted octanol–water partition coefficient (Wildman–Crippen LogP) is 4.98. The van der Waals surface area contributed by atoms with Crippen LogP contribution in [-0.2, 0) is 21.1 Å². The van der Waals surface area contributed by atoms with E-state index in [4.69, 9.17) is 16.3 Å². The Morgan fingerprint density at radius 2 is 1.65 bits per heavy atom. The molecule has 34 heavy (non-hydrogen) atoms. The summed E-state index contributed by atoms with van der Waals surface area (Å²) < 4.78 is 30.5. The molecule has 0 aliphatic carbocycles. The largest absolute Gasteiger partial charge is 0.457 e. The highest BCUT2D eigenvalue weighted by Gasteiger charge is 2.49. The van der Waals surface area contributed by atoms with Gasteiger partial charge in [0.1, 0.15) is 11.5 Å². The minimum atomic E-state index is -3.15. The molecule has 2 aliphatic rings. The van der Waals surface area contributed by atoms with Crippen molar-refractivity contribution in [3.63, 3.8) is 0 Å². The molecule has 0 N–H and O–H groups in total. The van der Waals surface area contributed by atoms with Crippen molar-refractivity contribution < 1.29 is 17.9 Å². The number of para-hydroxylation sites is 1. The first-order chi connectivity index (χ1) is 16.4. The lowest BCUT2D eigenvalue weighted by Crippen LogP contribution is -2.37. The Balaban J connectivity index is 1.41. The van der Waals surface area contributed by atoms with Crippen LogP contribution in [0, 0.1) is 0 Å². The fraction of sp³-hybridized carbons (Fsp3) is 0.200. The molecular formula is C25H21ClN2O4S2. The molecular weight excluding hydrogens is 492 g/mol. The van der Waals surface area contributed by atoms with Crippen molar-refractivity contribution in [1.29, 1.82) is 0 Å². The molecule has 0 radical (unpaired) electrons. The van der Waals surface area contributed by atoms with Gasteiger partial charge in [0.25, 0.3) is 5.91 Å². The number of rotatable bonds is 5. The Hall–Kier alpha value is -2.81. The minimum absolute atomic E-state index is 0.0324. The van der Waals surface area contributed by atoms with Crippen LogP contribution in [0.15, 0.2) is 83.9 Å². The molecule has 2 aliphatic heterocycles. The highest BCUT2D eigenvalue weighted by atomic mass is 35.5. The van der Waals surface area contributed by atoms with E-state index in [1.807, 2.05) is 71.6 Å². The summed E-state index contributed by atoms with van der Waals surface area (Å²) in [5.74, 6) is 1.16. The average Bonchev–Trinajstić information content (AvgIpc) is 3.27. The molecule has 0 unspecified atom stereocenters. The first-order valence-corrected chi connectivity index (χ1v) is 13.8. The molecule has 2 heterocycles. The highest BCUT2D eigenvalue weighted by molar-refractivity contribution is 8.16. The van der Waals surface area contributed by atoms with Crippen LogP contribution in [-0.4, -0.2) is 42.3 Å². The number of nitrogens with zero attached hydrogens (tertiary/aromatic N) is 2. The number of benzene rings is 3. The lowest BCUT2D eigenvalue weighted by molar-refractivity contribution is -0.117. The monoisotopic (exact) mass is 512 g/mol. The van der Waals surface area contributed by atoms with E-state index in [1.165, 1.54) is 11.8 Å². The van der Waals surface area contributed by atoms with Crippen molar-refractivity contribution in [1.82, 2.24) is 0 Å². The second kappa shape index (κ2) is 9.44. The minimum Gasteiger partial charge on any atom is -0.457 e. The maximum Gasteiger partial charge on any atom is 0.252 e. The molecule has 2 saturated heterocycles. The first-order valence-electron chi connectivity index (χ1n) is 10.7. The zero-order valence-corrected chi connectivity index (χ0v) is 20.4. The summed E-state index contributed by atoms with van der Waals surface area (Å²) in [4.78, 5) is 19.0. The van der Waals surface area contributed by atoms with Gasteiger partial charge in [-0.15, -0.1) is 0 Å². The van der Waals surface area contributed by atoms with Gasteiger partial charge in [-0.3, -0.25) is 4.79 Å². The smallest absolute Gasteiger partial charge is 0.252 e. The molecule has 174 valence electrons. The van der Waals surface area contributed by atoms with Crippen LogP contribution in [0.2, 0.25) is 5.02 Å². The van der Waals surface area contributed by atoms with E-state index in [2.05, 4.69) is 4.99 Å². The number of carbonyl (C=O) groups excluding carboxylic acids is 1. The molecule has 2 fully saturated rings. The number of ether oxygens (including phenoxy) is 1. The van der Waals surface area contributed by atoms with Crippen molar-refractivity contribution >= 4 is 50.0 Å². The SMILES string of the molecule is O=C(Cc1ccccc1Cl)N=C1S[C@H]2CS(=O)(=O)C[C@@H]2N1c1ccc(Oc2ccccc2)cc1. The van der Waals surface area contributed by atoms with E-state index in [1.54, 1.807) is 12.1 Å². The quantitative estimate of drug-likeness (QED) is 0.480. The van der Waals surface area contributed by atoms with Gasteiger partial charge in [0.05, 0.1) is 24.0 Å². The summed E-state index contributed by atoms with van der Waals surface area (Å²) in [6, 6.07) is 23.7. The van der Waals surface area contributed by atoms with Crippen LogP contribution >= 0.6 is 23.4 Å². The molecule has 5 rings (SSSR count). The van der Waals surface area contributed by atoms with Gasteiger partial charge < -0.3 is 9.64 Å². The van der Waals surface area contributed by atoms with Gasteiger partial charge in [0.2, 0.25) is 0 Å². The third-order valence-electron chi connectivity index (χ3n) is 5.68. The maximum atomic E-state index is 12.8. The summed E-state index contributed by atoms with van der Waals surface area (Å²) in [6.45, 7) is 0. The number of amidine groups is 1. The second-order valence-corrected chi connectivity index (χ2v) is 11.9. The predicted molar refractivity (Wildman–Crippen MR) is 137 cm³/mol. The molecule has 0 bridgehead atoms. The summed E-state index contributed by atoms with van der Waals surface area (Å²) in [5, 5.41) is 0.861. The number of thioether (sulfide) groups is 1. The van der Waals surface area contributed by atoms with Crippen molar-refractivity contribution in [3.05, 3.63) is 89.4 Å². The fourth-order valence-corrected chi connectivity index (χ4v) is 8.25. The van der Waals surface area contributed by atoms with Gasteiger partial charge in [-0.1, -0.05) is 59.8 Å². The molecule has 0 spiro atoms. The fourth-order valence-electron chi connectivity index (χ4n) is 4.12. The van der Waals surface area contributed by atoms with Gasteiger partial charge in [-0.25, -0.2) is 8.42 Å². The van der Waals surface area contributed by atoms with Crippen LogP contribution < -0.4 is 9.64 Å². The third-order valence-corrected chi connectivity index (χ3v) is 9.26. The van der Waals surface area contributed by atoms with E-state index >= 15 is 0 Å². The number of carbonyl (C=O) groups is 1. The highest BCUT2D eigenvalue weighted by Crippen LogP contribution is 2.41. The molecule has 3 aromatic carbocycles. The van der Waals surface area contributed by atoms with Crippen LogP contribution in [0.4, 0.5) is 5.69 Å². The Kier molecular flexibility index (Phi) is 6.38. The normalized spacial score (nSPS) is 22.0. The Morgan fingerprint density at radius 3 is 2.38 bits per heavy atom. The van der Waals surface area contributed by atoms with E-state index < -0.39 is 9.84 Å². The zero-order valence-electron chi connectivity index (χ0n) is 18.0. The number of anilines is 1. The molecule has 6 nitrogen and oxygen atoms in total. The summed E-state index contributed by atoms with van der Waals surface area (Å²) in [5.41, 5.74) is 1.47. The summed E-state index contributed by atoms with van der Waals surface area (Å²) in [6.07, 6.45) is 0.0784. The first kappa shape index (κ1) is 23.0. The molecule has 0 saturated carbocycles. The lowest BCUT2D eigenvalue weighted by atomic mass is 10.1. The molecule has 0 aromatic heterocycles. The maximum absolute atomic E-state index is 12.8. The third kappa shape index (κ3) is 4.99. The van der Waals surface area contributed by atoms with E-state index in [0.29, 0.717) is 21.5 Å². The van der Waals surface area contributed by atoms with Gasteiger partial charge in [0.15, 0.2) is 15.0 Å². The second-order valence-electron chi connectivity index (χ2n) is 8.14. The van der Waals surface area contributed by atoms with Gasteiger partial charge >= 0.3 is 0 Å². The van der Waals surface area contributed by atoms with Crippen LogP contribution in [0.3, 0.4) is 0 Å². The number of aliphatic imine (C=N–C) groups is 1. The summed E-state index contributed by atoms with van der Waals surface area (Å²) >= 11 is 7.54. The van der Waals surface area contributed by atoms with Crippen LogP contribution in [0.5, 0.6) is 11.5 Å². The lowest BCUT2D eigenvalue weighted by Gasteiger charge is -2.24. The molecule has 3 aromatic rings. The Bertz CT molecular complexity index is 1340.